The van der Waals surface area contributed by atoms with E-state index in [0.717, 1.165) is 38.6 Å². The molecule has 7 heteroatoms. The highest BCUT2D eigenvalue weighted by Gasteiger charge is 2.44. The summed E-state index contributed by atoms with van der Waals surface area (Å²) in [5.41, 5.74) is -1.08. The van der Waals surface area contributed by atoms with Crippen molar-refractivity contribution in [2.24, 2.45) is 0 Å². The minimum absolute atomic E-state index is 0.117. The fraction of sp³-hybridized carbons (Fsp3) is 0.917. The number of sulfonamides is 1. The molecule has 2 saturated heterocycles. The second-order valence-corrected chi connectivity index (χ2v) is 7.84. The molecule has 2 aliphatic heterocycles. The average Bonchev–Trinajstić information content (AvgIpc) is 2.47. The summed E-state index contributed by atoms with van der Waals surface area (Å²) in [7, 11) is -3.40. The Labute approximate surface area is 115 Å². The van der Waals surface area contributed by atoms with E-state index in [4.69, 9.17) is 0 Å². The van der Waals surface area contributed by atoms with Crippen LogP contribution in [0, 0.1) is 0 Å². The van der Waals surface area contributed by atoms with E-state index < -0.39 is 15.6 Å². The maximum atomic E-state index is 12.7. The third-order valence-corrected chi connectivity index (χ3v) is 4.75. The van der Waals surface area contributed by atoms with E-state index in [1.807, 2.05) is 4.90 Å². The lowest BCUT2D eigenvalue weighted by molar-refractivity contribution is -0.139. The molecule has 0 aromatic heterocycles. The fourth-order valence-corrected chi connectivity index (χ4v) is 4.16. The average molecular weight is 289 g/mol. The van der Waals surface area contributed by atoms with Gasteiger partial charge in [0.05, 0.1) is 6.26 Å². The minimum atomic E-state index is -3.40. The molecule has 110 valence electrons. The molecule has 2 N–H and O–H groups in total. The Morgan fingerprint density at radius 3 is 2.53 bits per heavy atom. The van der Waals surface area contributed by atoms with Gasteiger partial charge >= 0.3 is 0 Å². The van der Waals surface area contributed by atoms with Crippen LogP contribution in [0.15, 0.2) is 0 Å². The van der Waals surface area contributed by atoms with Gasteiger partial charge in [-0.05, 0) is 39.7 Å². The van der Waals surface area contributed by atoms with Gasteiger partial charge < -0.3 is 10.2 Å². The van der Waals surface area contributed by atoms with E-state index in [1.54, 1.807) is 13.8 Å². The van der Waals surface area contributed by atoms with Gasteiger partial charge in [0.2, 0.25) is 15.9 Å². The van der Waals surface area contributed by atoms with Gasteiger partial charge in [0.25, 0.3) is 0 Å². The quantitative estimate of drug-likeness (QED) is 0.745. The van der Waals surface area contributed by atoms with Crippen LogP contribution < -0.4 is 10.0 Å². The number of nitrogens with one attached hydrogen (secondary N) is 2. The summed E-state index contributed by atoms with van der Waals surface area (Å²) < 4.78 is 25.2. The SMILES string of the molecule is CC(C)(NS(C)(=O)=O)C(=O)N1C2CCNCC1CC2. The van der Waals surface area contributed by atoms with E-state index in [0.29, 0.717) is 0 Å². The van der Waals surface area contributed by atoms with Crippen molar-refractivity contribution in [1.29, 1.82) is 0 Å². The highest BCUT2D eigenvalue weighted by atomic mass is 32.2. The van der Waals surface area contributed by atoms with Crippen molar-refractivity contribution in [3.8, 4) is 0 Å². The summed E-state index contributed by atoms with van der Waals surface area (Å²) in [5.74, 6) is -0.117. The third-order valence-electron chi connectivity index (χ3n) is 3.86. The molecule has 1 amide bonds. The Balaban J connectivity index is 2.18. The van der Waals surface area contributed by atoms with Gasteiger partial charge in [0.1, 0.15) is 5.54 Å². The highest BCUT2D eigenvalue weighted by molar-refractivity contribution is 7.88. The molecule has 0 aliphatic carbocycles. The lowest BCUT2D eigenvalue weighted by Gasteiger charge is -2.35. The van der Waals surface area contributed by atoms with Crippen molar-refractivity contribution in [1.82, 2.24) is 14.9 Å². The van der Waals surface area contributed by atoms with Gasteiger partial charge in [-0.25, -0.2) is 13.1 Å². The molecule has 0 aromatic rings. The van der Waals surface area contributed by atoms with Crippen molar-refractivity contribution in [3.05, 3.63) is 0 Å². The molecule has 0 spiro atoms. The Morgan fingerprint density at radius 1 is 1.26 bits per heavy atom. The molecular formula is C12H23N3O3S. The lowest BCUT2D eigenvalue weighted by atomic mass is 10.0. The minimum Gasteiger partial charge on any atom is -0.334 e. The first-order valence-electron chi connectivity index (χ1n) is 6.73. The predicted molar refractivity (Wildman–Crippen MR) is 73.2 cm³/mol. The molecule has 2 bridgehead atoms. The van der Waals surface area contributed by atoms with Crippen LogP contribution in [0.5, 0.6) is 0 Å². The number of hydrogen-bond donors (Lipinski definition) is 2. The Hall–Kier alpha value is -0.660. The summed E-state index contributed by atoms with van der Waals surface area (Å²) in [6.45, 7) is 4.99. The highest BCUT2D eigenvalue weighted by Crippen LogP contribution is 2.30. The number of rotatable bonds is 3. The second-order valence-electron chi connectivity index (χ2n) is 6.09. The molecule has 19 heavy (non-hydrogen) atoms. The van der Waals surface area contributed by atoms with E-state index >= 15 is 0 Å². The van der Waals surface area contributed by atoms with Crippen LogP contribution in [0.25, 0.3) is 0 Å². The standard InChI is InChI=1S/C12H23N3O3S/c1-12(2,14-19(3,17)18)11(16)15-9-4-5-10(15)8-13-7-6-9/h9-10,13-14H,4-8H2,1-3H3. The smallest absolute Gasteiger partial charge is 0.243 e. The normalized spacial score (nSPS) is 28.3. The van der Waals surface area contributed by atoms with Crippen molar-refractivity contribution >= 4 is 15.9 Å². The molecule has 2 aliphatic rings. The van der Waals surface area contributed by atoms with Crippen LogP contribution >= 0.6 is 0 Å². The number of carbonyl (C=O) groups excluding carboxylic acids is 1. The zero-order chi connectivity index (χ0) is 14.3. The fourth-order valence-electron chi connectivity index (χ4n) is 3.14. The molecule has 2 fully saturated rings. The van der Waals surface area contributed by atoms with Gasteiger partial charge in [-0.3, -0.25) is 4.79 Å². The summed E-state index contributed by atoms with van der Waals surface area (Å²) in [6.07, 6.45) is 4.04. The monoisotopic (exact) mass is 289 g/mol. The zero-order valence-electron chi connectivity index (χ0n) is 11.8. The number of amides is 1. The Morgan fingerprint density at radius 2 is 1.89 bits per heavy atom. The first-order chi connectivity index (χ1) is 8.71. The van der Waals surface area contributed by atoms with Crippen molar-refractivity contribution in [3.63, 3.8) is 0 Å². The van der Waals surface area contributed by atoms with Gasteiger partial charge in [-0.15, -0.1) is 0 Å². The van der Waals surface area contributed by atoms with E-state index in [-0.39, 0.29) is 18.0 Å². The number of hydrogen-bond acceptors (Lipinski definition) is 4. The van der Waals surface area contributed by atoms with Crippen LogP contribution in [0.4, 0.5) is 0 Å². The molecule has 0 radical (unpaired) electrons. The first-order valence-corrected chi connectivity index (χ1v) is 8.62. The largest absolute Gasteiger partial charge is 0.334 e. The maximum Gasteiger partial charge on any atom is 0.243 e. The molecule has 2 unspecified atom stereocenters. The van der Waals surface area contributed by atoms with Crippen molar-refractivity contribution in [2.75, 3.05) is 19.3 Å². The van der Waals surface area contributed by atoms with Crippen LogP contribution in [-0.4, -0.2) is 56.2 Å². The van der Waals surface area contributed by atoms with Crippen LogP contribution in [-0.2, 0) is 14.8 Å². The molecule has 2 heterocycles. The molecule has 0 saturated carbocycles. The Bertz CT molecular complexity index is 447. The van der Waals surface area contributed by atoms with Gasteiger partial charge in [0.15, 0.2) is 0 Å². The zero-order valence-corrected chi connectivity index (χ0v) is 12.6. The van der Waals surface area contributed by atoms with Gasteiger partial charge in [0, 0.05) is 18.6 Å². The van der Waals surface area contributed by atoms with Crippen molar-refractivity contribution in [2.45, 2.75) is 50.7 Å². The second kappa shape index (κ2) is 5.03. The van der Waals surface area contributed by atoms with Crippen LogP contribution in [0.3, 0.4) is 0 Å². The van der Waals surface area contributed by atoms with Gasteiger partial charge in [-0.2, -0.15) is 0 Å². The summed E-state index contributed by atoms with van der Waals surface area (Å²) in [6, 6.07) is 0.439. The van der Waals surface area contributed by atoms with E-state index in [1.165, 1.54) is 0 Å². The number of nitrogens with zero attached hydrogens (tertiary/aromatic N) is 1. The molecule has 6 nitrogen and oxygen atoms in total. The molecule has 0 aromatic carbocycles. The van der Waals surface area contributed by atoms with E-state index in [2.05, 4.69) is 10.0 Å². The maximum absolute atomic E-state index is 12.7. The summed E-state index contributed by atoms with van der Waals surface area (Å²) in [4.78, 5) is 14.6. The predicted octanol–water partition coefficient (Wildman–Crippen LogP) is -0.333. The first kappa shape index (κ1) is 14.7. The van der Waals surface area contributed by atoms with Crippen molar-refractivity contribution < 1.29 is 13.2 Å². The summed E-state index contributed by atoms with van der Waals surface area (Å²) in [5, 5.41) is 3.33. The number of fused-ring (bicyclic) bond motifs is 2. The van der Waals surface area contributed by atoms with Gasteiger partial charge in [-0.1, -0.05) is 0 Å². The van der Waals surface area contributed by atoms with Crippen LogP contribution in [0.2, 0.25) is 0 Å². The lowest BCUT2D eigenvalue weighted by Crippen LogP contribution is -2.58. The topological polar surface area (TPSA) is 78.5 Å². The van der Waals surface area contributed by atoms with E-state index in [9.17, 15) is 13.2 Å². The Kier molecular flexibility index (Phi) is 3.90. The molecular weight excluding hydrogens is 266 g/mol. The molecule has 2 rings (SSSR count). The summed E-state index contributed by atoms with van der Waals surface area (Å²) >= 11 is 0. The van der Waals surface area contributed by atoms with Crippen LogP contribution in [0.1, 0.15) is 33.1 Å². The third kappa shape index (κ3) is 3.27. The number of carbonyl (C=O) groups is 1. The molecule has 2 atom stereocenters.